The number of hydrogen-bond donors (Lipinski definition) is 0. The molecule has 2 saturated heterocycles. The van der Waals surface area contributed by atoms with Crippen LogP contribution in [-0.4, -0.2) is 88.0 Å². The molecule has 44 heavy (non-hydrogen) atoms. The van der Waals surface area contributed by atoms with E-state index in [-0.39, 0.29) is 22.4 Å². The molecular formula is C31H33FN8O3S. The van der Waals surface area contributed by atoms with Gasteiger partial charge in [0.2, 0.25) is 0 Å². The SMILES string of the molecule is CCN1CCC(n2cc(-c3cn(S(=O)(=O)c4ccccc4)c4ncc(-c5cnc(N6CCOCC6)c(F)c5)nc34)cn2)CC1. The van der Waals surface area contributed by atoms with Crippen molar-refractivity contribution < 1.29 is 17.5 Å². The van der Waals surface area contributed by atoms with Crippen LogP contribution in [0.1, 0.15) is 25.8 Å². The van der Waals surface area contributed by atoms with Crippen molar-refractivity contribution in [1.29, 1.82) is 0 Å². The average Bonchev–Trinajstić information content (AvgIpc) is 3.71. The second kappa shape index (κ2) is 11.7. The van der Waals surface area contributed by atoms with Crippen molar-refractivity contribution in [2.24, 2.45) is 0 Å². The van der Waals surface area contributed by atoms with Crippen LogP contribution >= 0.6 is 0 Å². The van der Waals surface area contributed by atoms with Gasteiger partial charge in [-0.25, -0.2) is 31.7 Å². The van der Waals surface area contributed by atoms with Gasteiger partial charge in [0.1, 0.15) is 5.52 Å². The smallest absolute Gasteiger partial charge is 0.269 e. The van der Waals surface area contributed by atoms with Gasteiger partial charge in [0.25, 0.3) is 10.0 Å². The highest BCUT2D eigenvalue weighted by Gasteiger charge is 2.26. The summed E-state index contributed by atoms with van der Waals surface area (Å²) in [5, 5.41) is 4.67. The quantitative estimate of drug-likeness (QED) is 0.265. The second-order valence-electron chi connectivity index (χ2n) is 11.1. The maximum atomic E-state index is 15.3. The molecule has 0 amide bonds. The Bertz CT molecular complexity index is 1900. The molecule has 0 bridgehead atoms. The highest BCUT2D eigenvalue weighted by Crippen LogP contribution is 2.34. The van der Waals surface area contributed by atoms with Crippen molar-refractivity contribution in [3.63, 3.8) is 0 Å². The molecule has 0 radical (unpaired) electrons. The van der Waals surface area contributed by atoms with Crippen LogP contribution in [0.4, 0.5) is 10.2 Å². The second-order valence-corrected chi connectivity index (χ2v) is 12.9. The molecule has 0 atom stereocenters. The van der Waals surface area contributed by atoms with Gasteiger partial charge in [-0.05, 0) is 37.6 Å². The molecule has 2 fully saturated rings. The highest BCUT2D eigenvalue weighted by atomic mass is 32.2. The summed E-state index contributed by atoms with van der Waals surface area (Å²) in [6.07, 6.45) is 10.3. The average molecular weight is 617 g/mol. The predicted molar refractivity (Wildman–Crippen MR) is 164 cm³/mol. The maximum absolute atomic E-state index is 15.3. The fourth-order valence-electron chi connectivity index (χ4n) is 5.96. The molecule has 6 heterocycles. The normalized spacial score (nSPS) is 17.0. The van der Waals surface area contributed by atoms with Crippen molar-refractivity contribution in [3.8, 4) is 22.4 Å². The van der Waals surface area contributed by atoms with Crippen molar-refractivity contribution in [2.45, 2.75) is 30.7 Å². The van der Waals surface area contributed by atoms with Crippen molar-refractivity contribution in [1.82, 2.24) is 33.6 Å². The van der Waals surface area contributed by atoms with Gasteiger partial charge in [-0.15, -0.1) is 0 Å². The van der Waals surface area contributed by atoms with Gasteiger partial charge in [-0.2, -0.15) is 5.10 Å². The van der Waals surface area contributed by atoms with E-state index < -0.39 is 15.8 Å². The predicted octanol–water partition coefficient (Wildman–Crippen LogP) is 4.23. The minimum absolute atomic E-state index is 0.137. The van der Waals surface area contributed by atoms with E-state index in [1.165, 1.54) is 16.2 Å². The van der Waals surface area contributed by atoms with E-state index in [0.717, 1.165) is 38.0 Å². The number of ether oxygens (including phenoxy) is 1. The number of halogens is 1. The van der Waals surface area contributed by atoms with Crippen LogP contribution in [0.25, 0.3) is 33.5 Å². The van der Waals surface area contributed by atoms with Crippen LogP contribution in [0.5, 0.6) is 0 Å². The topological polar surface area (TPSA) is 111 Å². The van der Waals surface area contributed by atoms with Gasteiger partial charge in [-0.3, -0.25) is 4.68 Å². The first-order valence-electron chi connectivity index (χ1n) is 14.9. The van der Waals surface area contributed by atoms with E-state index in [9.17, 15) is 8.42 Å². The third-order valence-corrected chi connectivity index (χ3v) is 10.1. The number of piperidine rings is 1. The van der Waals surface area contributed by atoms with Gasteiger partial charge in [0.05, 0.1) is 42.2 Å². The Morgan fingerprint density at radius 1 is 0.955 bits per heavy atom. The fourth-order valence-corrected chi connectivity index (χ4v) is 7.29. The lowest BCUT2D eigenvalue weighted by molar-refractivity contribution is 0.122. The number of hydrogen-bond acceptors (Lipinski definition) is 9. The first-order chi connectivity index (χ1) is 21.4. The Kier molecular flexibility index (Phi) is 7.60. The number of anilines is 1. The highest BCUT2D eigenvalue weighted by molar-refractivity contribution is 7.90. The summed E-state index contributed by atoms with van der Waals surface area (Å²) in [4.78, 5) is 18.2. The Balaban J connectivity index is 1.31. The minimum Gasteiger partial charge on any atom is -0.378 e. The summed E-state index contributed by atoms with van der Waals surface area (Å²) in [6.45, 7) is 7.38. The summed E-state index contributed by atoms with van der Waals surface area (Å²) >= 11 is 0. The van der Waals surface area contributed by atoms with Crippen molar-refractivity contribution in [2.75, 3.05) is 50.8 Å². The fraction of sp³-hybridized carbons (Fsp3) is 0.355. The van der Waals surface area contributed by atoms with E-state index in [0.29, 0.717) is 48.6 Å². The van der Waals surface area contributed by atoms with Gasteiger partial charge in [0.15, 0.2) is 17.3 Å². The summed E-state index contributed by atoms with van der Waals surface area (Å²) < 4.78 is 51.4. The minimum atomic E-state index is -3.98. The van der Waals surface area contributed by atoms with E-state index >= 15 is 4.39 Å². The molecule has 1 aromatic carbocycles. The molecule has 228 valence electrons. The first-order valence-corrected chi connectivity index (χ1v) is 16.3. The van der Waals surface area contributed by atoms with Gasteiger partial charge in [0, 0.05) is 61.5 Å². The number of pyridine rings is 1. The third-order valence-electron chi connectivity index (χ3n) is 8.48. The zero-order chi connectivity index (χ0) is 30.3. The monoisotopic (exact) mass is 616 g/mol. The van der Waals surface area contributed by atoms with Gasteiger partial charge >= 0.3 is 0 Å². The molecular weight excluding hydrogens is 583 g/mol. The third kappa shape index (κ3) is 5.24. The molecule has 13 heteroatoms. The molecule has 7 rings (SSSR count). The summed E-state index contributed by atoms with van der Waals surface area (Å²) in [7, 11) is -3.98. The molecule has 11 nitrogen and oxygen atoms in total. The number of benzene rings is 1. The van der Waals surface area contributed by atoms with Crippen LogP contribution in [0.3, 0.4) is 0 Å². The van der Waals surface area contributed by atoms with Crippen molar-refractivity contribution in [3.05, 3.63) is 73.2 Å². The van der Waals surface area contributed by atoms with Crippen LogP contribution in [0, 0.1) is 5.82 Å². The van der Waals surface area contributed by atoms with Crippen LogP contribution in [0.15, 0.2) is 72.3 Å². The van der Waals surface area contributed by atoms with E-state index in [1.54, 1.807) is 48.9 Å². The number of morpholine rings is 1. The Hall–Kier alpha value is -4.20. The number of rotatable bonds is 7. The van der Waals surface area contributed by atoms with E-state index in [1.807, 2.05) is 15.8 Å². The lowest BCUT2D eigenvalue weighted by Crippen LogP contribution is -2.37. The Morgan fingerprint density at radius 3 is 2.45 bits per heavy atom. The molecule has 5 aromatic rings. The molecule has 2 aliphatic heterocycles. The molecule has 0 unspecified atom stereocenters. The van der Waals surface area contributed by atoms with E-state index in [2.05, 4.69) is 26.9 Å². The largest absolute Gasteiger partial charge is 0.378 e. The van der Waals surface area contributed by atoms with Crippen LogP contribution < -0.4 is 4.90 Å². The Labute approximate surface area is 255 Å². The molecule has 0 spiro atoms. The van der Waals surface area contributed by atoms with Crippen LogP contribution in [-0.2, 0) is 14.8 Å². The molecule has 0 saturated carbocycles. The number of nitrogens with zero attached hydrogens (tertiary/aromatic N) is 8. The zero-order valence-corrected chi connectivity index (χ0v) is 25.2. The van der Waals surface area contributed by atoms with E-state index in [4.69, 9.17) is 9.72 Å². The Morgan fingerprint density at radius 2 is 1.73 bits per heavy atom. The summed E-state index contributed by atoms with van der Waals surface area (Å²) in [6, 6.07) is 9.88. The summed E-state index contributed by atoms with van der Waals surface area (Å²) in [5.41, 5.74) is 2.68. The molecule has 2 aliphatic rings. The summed E-state index contributed by atoms with van der Waals surface area (Å²) in [5.74, 6) is -0.199. The van der Waals surface area contributed by atoms with Gasteiger partial charge in [-0.1, -0.05) is 25.1 Å². The molecule has 4 aromatic heterocycles. The number of aromatic nitrogens is 6. The number of fused-ring (bicyclic) bond motifs is 1. The van der Waals surface area contributed by atoms with Crippen molar-refractivity contribution >= 4 is 27.0 Å². The molecule has 0 aliphatic carbocycles. The first kappa shape index (κ1) is 28.6. The molecule has 0 N–H and O–H groups in total. The maximum Gasteiger partial charge on any atom is 0.269 e. The standard InChI is InChI=1S/C31H33FN8O3S/c1-2-37-10-8-24(9-11-37)39-20-23(18-35-39)26-21-40(44(41,42)25-6-4-3-5-7-25)31-29(26)36-28(19-34-31)22-16-27(32)30(33-17-22)38-12-14-43-15-13-38/h3-7,16-21,24H,2,8-15H2,1H3. The number of likely N-dealkylation sites (tertiary alicyclic amines) is 1. The lowest BCUT2D eigenvalue weighted by atomic mass is 10.1. The van der Waals surface area contributed by atoms with Gasteiger partial charge < -0.3 is 14.5 Å². The zero-order valence-electron chi connectivity index (χ0n) is 24.4. The lowest BCUT2D eigenvalue weighted by Gasteiger charge is -2.31. The van der Waals surface area contributed by atoms with Crippen LogP contribution in [0.2, 0.25) is 0 Å².